The molecule has 0 saturated heterocycles. The van der Waals surface area contributed by atoms with Gasteiger partial charge in [0.15, 0.2) is 0 Å². The Kier molecular flexibility index (Phi) is 5.48. The van der Waals surface area contributed by atoms with Crippen LogP contribution < -0.4 is 11.0 Å². The van der Waals surface area contributed by atoms with Gasteiger partial charge in [-0.25, -0.2) is 10.4 Å². The summed E-state index contributed by atoms with van der Waals surface area (Å²) in [4.78, 5) is 19.1. The number of aromatic nitrogens is 2. The molecule has 7 heteroatoms. The molecule has 134 valence electrons. The van der Waals surface area contributed by atoms with Crippen LogP contribution in [0, 0.1) is 25.2 Å². The molecule has 0 aliphatic rings. The van der Waals surface area contributed by atoms with E-state index in [2.05, 4.69) is 36.4 Å². The predicted molar refractivity (Wildman–Crippen MR) is 110 cm³/mol. The van der Waals surface area contributed by atoms with Crippen molar-refractivity contribution in [2.75, 3.05) is 5.43 Å². The minimum absolute atomic E-state index is 0.0323. The summed E-state index contributed by atoms with van der Waals surface area (Å²) in [7, 11) is 0. The van der Waals surface area contributed by atoms with Crippen molar-refractivity contribution in [1.82, 2.24) is 9.97 Å². The Hall–Kier alpha value is -3.24. The zero-order chi connectivity index (χ0) is 19.4. The first-order chi connectivity index (χ1) is 13.0. The van der Waals surface area contributed by atoms with Crippen LogP contribution in [-0.2, 0) is 0 Å². The molecular weight excluding hydrogens is 406 g/mol. The normalized spacial score (nSPS) is 10.7. The third-order valence-corrected chi connectivity index (χ3v) is 5.07. The number of hydrazone groups is 1. The van der Waals surface area contributed by atoms with Crippen molar-refractivity contribution in [3.05, 3.63) is 79.5 Å². The SMILES string of the molecule is Cc1c(Br)ccc(C=NNc2nc(-c3ccccc3)c(C#N)c(=O)[nH]2)c1C. The van der Waals surface area contributed by atoms with Gasteiger partial charge in [-0.3, -0.25) is 9.78 Å². The molecule has 0 amide bonds. The smallest absolute Gasteiger partial charge is 0.270 e. The number of halogens is 1. The van der Waals surface area contributed by atoms with Crippen LogP contribution in [0.2, 0.25) is 0 Å². The summed E-state index contributed by atoms with van der Waals surface area (Å²) in [5, 5.41) is 13.5. The van der Waals surface area contributed by atoms with E-state index in [4.69, 9.17) is 0 Å². The van der Waals surface area contributed by atoms with Gasteiger partial charge in [-0.15, -0.1) is 0 Å². The summed E-state index contributed by atoms with van der Waals surface area (Å²) in [6, 6.07) is 14.9. The molecule has 1 heterocycles. The Morgan fingerprint density at radius 2 is 1.93 bits per heavy atom. The van der Waals surface area contributed by atoms with Crippen LogP contribution >= 0.6 is 15.9 Å². The number of nitrogens with zero attached hydrogens (tertiary/aromatic N) is 3. The Bertz CT molecular complexity index is 1110. The number of hydrogen-bond donors (Lipinski definition) is 2. The number of nitriles is 1. The number of H-pyrrole nitrogens is 1. The van der Waals surface area contributed by atoms with Crippen molar-refractivity contribution in [2.24, 2.45) is 5.10 Å². The first-order valence-corrected chi connectivity index (χ1v) is 8.95. The van der Waals surface area contributed by atoms with Gasteiger partial charge in [0, 0.05) is 10.0 Å². The average molecular weight is 422 g/mol. The lowest BCUT2D eigenvalue weighted by Crippen LogP contribution is -2.16. The van der Waals surface area contributed by atoms with E-state index in [-0.39, 0.29) is 11.5 Å². The van der Waals surface area contributed by atoms with Gasteiger partial charge in [-0.2, -0.15) is 10.4 Å². The van der Waals surface area contributed by atoms with Gasteiger partial charge in [0.25, 0.3) is 5.56 Å². The second-order valence-corrected chi connectivity index (χ2v) is 6.73. The summed E-state index contributed by atoms with van der Waals surface area (Å²) in [5.41, 5.74) is 6.37. The van der Waals surface area contributed by atoms with Crippen LogP contribution in [0.15, 0.2) is 56.8 Å². The molecule has 0 unspecified atom stereocenters. The highest BCUT2D eigenvalue weighted by atomic mass is 79.9. The summed E-state index contributed by atoms with van der Waals surface area (Å²) in [6.45, 7) is 4.03. The molecule has 1 aromatic heterocycles. The molecule has 2 N–H and O–H groups in total. The first-order valence-electron chi connectivity index (χ1n) is 8.16. The number of aromatic amines is 1. The molecule has 3 aromatic rings. The van der Waals surface area contributed by atoms with E-state index < -0.39 is 5.56 Å². The van der Waals surface area contributed by atoms with Crippen molar-refractivity contribution < 1.29 is 0 Å². The maximum atomic E-state index is 12.2. The van der Waals surface area contributed by atoms with E-state index in [9.17, 15) is 10.1 Å². The molecular formula is C20H16BrN5O. The standard InChI is InChI=1S/C20H16BrN5O/c1-12-13(2)17(21)9-8-15(12)11-23-26-20-24-18(14-6-4-3-5-7-14)16(10-22)19(27)25-20/h3-9,11H,1-2H3,(H2,24,25,26,27). The Morgan fingerprint density at radius 3 is 2.63 bits per heavy atom. The number of anilines is 1. The summed E-state index contributed by atoms with van der Waals surface area (Å²) in [5.74, 6) is 0.167. The molecule has 3 rings (SSSR count). The van der Waals surface area contributed by atoms with E-state index in [0.717, 1.165) is 21.2 Å². The Balaban J connectivity index is 1.93. The number of hydrogen-bond acceptors (Lipinski definition) is 5. The van der Waals surface area contributed by atoms with E-state index >= 15 is 0 Å². The summed E-state index contributed by atoms with van der Waals surface area (Å²) < 4.78 is 1.04. The molecule has 0 atom stereocenters. The third-order valence-electron chi connectivity index (χ3n) is 4.22. The van der Waals surface area contributed by atoms with Gasteiger partial charge in [0.1, 0.15) is 11.6 Å². The van der Waals surface area contributed by atoms with Crippen molar-refractivity contribution in [3.8, 4) is 17.3 Å². The van der Waals surface area contributed by atoms with Gasteiger partial charge < -0.3 is 0 Å². The van der Waals surface area contributed by atoms with Crippen LogP contribution in [0.25, 0.3) is 11.3 Å². The van der Waals surface area contributed by atoms with E-state index in [0.29, 0.717) is 11.3 Å². The predicted octanol–water partition coefficient (Wildman–Crippen LogP) is 4.13. The fourth-order valence-electron chi connectivity index (χ4n) is 2.55. The molecule has 0 spiro atoms. The largest absolute Gasteiger partial charge is 0.290 e. The van der Waals surface area contributed by atoms with Crippen LogP contribution in [0.3, 0.4) is 0 Å². The number of nitrogens with one attached hydrogen (secondary N) is 2. The van der Waals surface area contributed by atoms with Crippen LogP contribution in [0.5, 0.6) is 0 Å². The molecule has 0 bridgehead atoms. The van der Waals surface area contributed by atoms with Gasteiger partial charge >= 0.3 is 0 Å². The minimum atomic E-state index is -0.514. The molecule has 27 heavy (non-hydrogen) atoms. The van der Waals surface area contributed by atoms with Gasteiger partial charge in [0.2, 0.25) is 5.95 Å². The zero-order valence-corrected chi connectivity index (χ0v) is 16.3. The molecule has 0 aliphatic carbocycles. The highest BCUT2D eigenvalue weighted by Crippen LogP contribution is 2.22. The molecule has 0 saturated carbocycles. The first kappa shape index (κ1) is 18.5. The van der Waals surface area contributed by atoms with Crippen LogP contribution in [0.1, 0.15) is 22.3 Å². The van der Waals surface area contributed by atoms with Gasteiger partial charge in [0.05, 0.1) is 11.9 Å². The highest BCUT2D eigenvalue weighted by molar-refractivity contribution is 9.10. The van der Waals surface area contributed by atoms with E-state index in [1.54, 1.807) is 18.3 Å². The van der Waals surface area contributed by atoms with E-state index in [1.807, 2.05) is 50.2 Å². The van der Waals surface area contributed by atoms with Crippen LogP contribution in [-0.4, -0.2) is 16.2 Å². The average Bonchev–Trinajstić information content (AvgIpc) is 2.68. The molecule has 0 fully saturated rings. The fourth-order valence-corrected chi connectivity index (χ4v) is 2.98. The monoisotopic (exact) mass is 421 g/mol. The lowest BCUT2D eigenvalue weighted by Gasteiger charge is -2.07. The highest BCUT2D eigenvalue weighted by Gasteiger charge is 2.12. The Morgan fingerprint density at radius 1 is 1.19 bits per heavy atom. The molecule has 0 aliphatic heterocycles. The maximum absolute atomic E-state index is 12.2. The summed E-state index contributed by atoms with van der Waals surface area (Å²) in [6.07, 6.45) is 1.66. The maximum Gasteiger partial charge on any atom is 0.270 e. The third kappa shape index (κ3) is 3.96. The topological polar surface area (TPSA) is 93.9 Å². The van der Waals surface area contributed by atoms with Crippen molar-refractivity contribution >= 4 is 28.1 Å². The lowest BCUT2D eigenvalue weighted by atomic mass is 10.0. The van der Waals surface area contributed by atoms with Crippen molar-refractivity contribution in [2.45, 2.75) is 13.8 Å². The minimum Gasteiger partial charge on any atom is -0.290 e. The van der Waals surface area contributed by atoms with E-state index in [1.165, 1.54) is 0 Å². The molecule has 0 radical (unpaired) electrons. The molecule has 2 aromatic carbocycles. The number of benzene rings is 2. The van der Waals surface area contributed by atoms with Gasteiger partial charge in [-0.05, 0) is 36.6 Å². The fraction of sp³-hybridized carbons (Fsp3) is 0.100. The number of rotatable bonds is 4. The lowest BCUT2D eigenvalue weighted by molar-refractivity contribution is 1.08. The summed E-state index contributed by atoms with van der Waals surface area (Å²) >= 11 is 3.50. The van der Waals surface area contributed by atoms with Crippen molar-refractivity contribution in [1.29, 1.82) is 5.26 Å². The quantitative estimate of drug-likeness (QED) is 0.488. The second kappa shape index (κ2) is 7.98. The Labute approximate surface area is 164 Å². The van der Waals surface area contributed by atoms with Crippen LogP contribution in [0.4, 0.5) is 5.95 Å². The van der Waals surface area contributed by atoms with Gasteiger partial charge in [-0.1, -0.05) is 52.3 Å². The molecule has 6 nitrogen and oxygen atoms in total. The zero-order valence-electron chi connectivity index (χ0n) is 14.7. The van der Waals surface area contributed by atoms with Crippen molar-refractivity contribution in [3.63, 3.8) is 0 Å². The second-order valence-electron chi connectivity index (χ2n) is 5.87.